The maximum absolute atomic E-state index is 11.8. The fourth-order valence-electron chi connectivity index (χ4n) is 3.01. The molecule has 3 rings (SSSR count). The zero-order chi connectivity index (χ0) is 18.7. The van der Waals surface area contributed by atoms with Crippen LogP contribution in [0.2, 0.25) is 0 Å². The second kappa shape index (κ2) is 7.77. The second-order valence-electron chi connectivity index (χ2n) is 6.64. The van der Waals surface area contributed by atoms with Crippen LogP contribution in [0.4, 0.5) is 13.2 Å². The Morgan fingerprint density at radius 3 is 2.40 bits per heavy atom. The summed E-state index contributed by atoms with van der Waals surface area (Å²) in [5.41, 5.74) is -0.0199. The highest BCUT2D eigenvalue weighted by atomic mass is 32.2. The number of ether oxygens (including phenoxy) is 1. The van der Waals surface area contributed by atoms with E-state index in [-0.39, 0.29) is 17.0 Å². The van der Waals surface area contributed by atoms with E-state index >= 15 is 0 Å². The number of alkyl halides is 3. The number of aliphatic carboxylic acids is 1. The van der Waals surface area contributed by atoms with Gasteiger partial charge in [0.2, 0.25) is 10.0 Å². The van der Waals surface area contributed by atoms with Crippen LogP contribution in [-0.4, -0.2) is 62.3 Å². The van der Waals surface area contributed by atoms with Gasteiger partial charge in [0.05, 0.1) is 17.0 Å². The summed E-state index contributed by atoms with van der Waals surface area (Å²) in [5.74, 6) is -2.76. The van der Waals surface area contributed by atoms with Gasteiger partial charge in [-0.1, -0.05) is 0 Å². The standard InChI is InChI=1S/C12H22N2O3S.C2HF3O2/c15-18(16,11-3-4-11)14-8-10-2-1-5-12(17-10)6-7-13-9-12;3-2(4,5)1(6)7/h10-11,13-14H,1-9H2;(H,6,7)/t10-,12+;/m0./s1. The average Bonchev–Trinajstić information content (AvgIpc) is 3.29. The van der Waals surface area contributed by atoms with E-state index in [2.05, 4.69) is 10.0 Å². The van der Waals surface area contributed by atoms with Crippen LogP contribution in [0.3, 0.4) is 0 Å². The van der Waals surface area contributed by atoms with Crippen LogP contribution in [0.25, 0.3) is 0 Å². The first-order valence-electron chi connectivity index (χ1n) is 8.21. The molecule has 0 aromatic heterocycles. The molecule has 0 aromatic carbocycles. The number of carbonyl (C=O) groups is 1. The molecule has 3 fully saturated rings. The van der Waals surface area contributed by atoms with Crippen molar-refractivity contribution in [2.75, 3.05) is 19.6 Å². The minimum atomic E-state index is -5.08. The van der Waals surface area contributed by atoms with Gasteiger partial charge in [0, 0.05) is 13.1 Å². The van der Waals surface area contributed by atoms with Crippen LogP contribution >= 0.6 is 0 Å². The Labute approximate surface area is 144 Å². The Bertz CT molecular complexity index is 572. The van der Waals surface area contributed by atoms with Gasteiger partial charge in [0.15, 0.2) is 0 Å². The molecule has 0 amide bonds. The third-order valence-corrected chi connectivity index (χ3v) is 6.42. The zero-order valence-electron chi connectivity index (χ0n) is 13.6. The molecule has 0 unspecified atom stereocenters. The number of sulfonamides is 1. The van der Waals surface area contributed by atoms with Crippen LogP contribution in [0.5, 0.6) is 0 Å². The van der Waals surface area contributed by atoms with Crippen molar-refractivity contribution in [3.63, 3.8) is 0 Å². The highest BCUT2D eigenvalue weighted by molar-refractivity contribution is 7.90. The monoisotopic (exact) mass is 388 g/mol. The quantitative estimate of drug-likeness (QED) is 0.664. The van der Waals surface area contributed by atoms with Crippen molar-refractivity contribution in [3.05, 3.63) is 0 Å². The summed E-state index contributed by atoms with van der Waals surface area (Å²) in [7, 11) is -3.07. The normalized spacial score (nSPS) is 30.0. The van der Waals surface area contributed by atoms with Gasteiger partial charge in [-0.25, -0.2) is 17.9 Å². The summed E-state index contributed by atoms with van der Waals surface area (Å²) in [5, 5.41) is 10.3. The molecule has 1 saturated carbocycles. The maximum atomic E-state index is 11.8. The van der Waals surface area contributed by atoms with E-state index in [1.165, 1.54) is 0 Å². The van der Waals surface area contributed by atoms with Gasteiger partial charge in [-0.2, -0.15) is 13.2 Å². The Kier molecular flexibility index (Phi) is 6.34. The van der Waals surface area contributed by atoms with E-state index in [1.807, 2.05) is 0 Å². The van der Waals surface area contributed by atoms with Gasteiger partial charge < -0.3 is 15.2 Å². The van der Waals surface area contributed by atoms with Gasteiger partial charge in [0.1, 0.15) is 0 Å². The highest BCUT2D eigenvalue weighted by Crippen LogP contribution is 2.33. The number of hydrogen-bond acceptors (Lipinski definition) is 5. The van der Waals surface area contributed by atoms with Crippen LogP contribution in [0, 0.1) is 0 Å². The molecular formula is C14H23F3N2O5S. The first-order chi connectivity index (χ1) is 11.5. The molecule has 0 bridgehead atoms. The van der Waals surface area contributed by atoms with E-state index in [1.54, 1.807) is 0 Å². The minimum Gasteiger partial charge on any atom is -0.475 e. The van der Waals surface area contributed by atoms with E-state index in [4.69, 9.17) is 14.6 Å². The van der Waals surface area contributed by atoms with Crippen molar-refractivity contribution >= 4 is 16.0 Å². The van der Waals surface area contributed by atoms with Gasteiger partial charge >= 0.3 is 12.1 Å². The number of rotatable bonds is 4. The fraction of sp³-hybridized carbons (Fsp3) is 0.929. The average molecular weight is 388 g/mol. The SMILES string of the molecule is O=C(O)C(F)(F)F.O=S(=O)(NC[C@@H]1CCC[C@]2(CCNC2)O1)C1CC1. The molecule has 0 aromatic rings. The fourth-order valence-corrected chi connectivity index (χ4v) is 4.42. The van der Waals surface area contributed by atoms with Crippen molar-refractivity contribution in [2.45, 2.75) is 61.7 Å². The van der Waals surface area contributed by atoms with E-state index in [0.29, 0.717) is 6.54 Å². The molecular weight excluding hydrogens is 365 g/mol. The van der Waals surface area contributed by atoms with Crippen molar-refractivity contribution in [1.29, 1.82) is 0 Å². The molecule has 146 valence electrons. The van der Waals surface area contributed by atoms with Crippen LogP contribution in [-0.2, 0) is 19.6 Å². The summed E-state index contributed by atoms with van der Waals surface area (Å²) in [6.07, 6.45) is 0.854. The van der Waals surface area contributed by atoms with Gasteiger partial charge in [-0.15, -0.1) is 0 Å². The molecule has 1 spiro atoms. The maximum Gasteiger partial charge on any atom is 0.490 e. The topological polar surface area (TPSA) is 105 Å². The Morgan fingerprint density at radius 1 is 1.28 bits per heavy atom. The second-order valence-corrected chi connectivity index (χ2v) is 8.68. The first-order valence-corrected chi connectivity index (χ1v) is 9.76. The van der Waals surface area contributed by atoms with Crippen LogP contribution < -0.4 is 10.0 Å². The van der Waals surface area contributed by atoms with Gasteiger partial charge in [0.25, 0.3) is 0 Å². The van der Waals surface area contributed by atoms with Crippen LogP contribution in [0.15, 0.2) is 0 Å². The third-order valence-electron chi connectivity index (χ3n) is 4.50. The number of nitrogens with one attached hydrogen (secondary N) is 2. The number of carboxylic acids is 1. The molecule has 3 aliphatic rings. The highest BCUT2D eigenvalue weighted by Gasteiger charge is 2.41. The molecule has 0 radical (unpaired) electrons. The molecule has 2 saturated heterocycles. The molecule has 1 aliphatic carbocycles. The molecule has 11 heteroatoms. The Hall–Kier alpha value is -0.910. The zero-order valence-corrected chi connectivity index (χ0v) is 14.5. The lowest BCUT2D eigenvalue weighted by molar-refractivity contribution is -0.192. The van der Waals surface area contributed by atoms with Crippen molar-refractivity contribution in [3.8, 4) is 0 Å². The summed E-state index contributed by atoms with van der Waals surface area (Å²) in [6.45, 7) is 2.37. The lowest BCUT2D eigenvalue weighted by Gasteiger charge is -2.38. The molecule has 2 heterocycles. The first kappa shape index (κ1) is 20.4. The molecule has 2 aliphatic heterocycles. The van der Waals surface area contributed by atoms with Gasteiger partial charge in [-0.05, 0) is 45.1 Å². The predicted molar refractivity (Wildman–Crippen MR) is 82.6 cm³/mol. The third kappa shape index (κ3) is 6.08. The number of halogens is 3. The lowest BCUT2D eigenvalue weighted by Crippen LogP contribution is -2.46. The molecule has 7 nitrogen and oxygen atoms in total. The predicted octanol–water partition coefficient (Wildman–Crippen LogP) is 1.00. The molecule has 3 N–H and O–H groups in total. The lowest BCUT2D eigenvalue weighted by atomic mass is 9.91. The summed E-state index contributed by atoms with van der Waals surface area (Å²) >= 11 is 0. The van der Waals surface area contributed by atoms with E-state index in [0.717, 1.165) is 51.6 Å². The Balaban J connectivity index is 0.000000277. The van der Waals surface area contributed by atoms with Crippen molar-refractivity contribution in [1.82, 2.24) is 10.0 Å². The smallest absolute Gasteiger partial charge is 0.475 e. The molecule has 2 atom stereocenters. The van der Waals surface area contributed by atoms with E-state index in [9.17, 15) is 21.6 Å². The van der Waals surface area contributed by atoms with Crippen molar-refractivity contribution in [2.24, 2.45) is 0 Å². The molecule has 25 heavy (non-hydrogen) atoms. The number of hydrogen-bond donors (Lipinski definition) is 3. The van der Waals surface area contributed by atoms with E-state index < -0.39 is 22.2 Å². The minimum absolute atomic E-state index is 0.0199. The number of carboxylic acid groups (broad SMARTS) is 1. The summed E-state index contributed by atoms with van der Waals surface area (Å²) in [6, 6.07) is 0. The summed E-state index contributed by atoms with van der Waals surface area (Å²) < 4.78 is 64.1. The summed E-state index contributed by atoms with van der Waals surface area (Å²) in [4.78, 5) is 8.90. The largest absolute Gasteiger partial charge is 0.490 e. The van der Waals surface area contributed by atoms with Crippen molar-refractivity contribution < 1.29 is 36.2 Å². The van der Waals surface area contributed by atoms with Gasteiger partial charge in [-0.3, -0.25) is 0 Å². The Morgan fingerprint density at radius 2 is 1.92 bits per heavy atom. The van der Waals surface area contributed by atoms with Crippen LogP contribution in [0.1, 0.15) is 38.5 Å².